The first-order valence-corrected chi connectivity index (χ1v) is 9.58. The van der Waals surface area contributed by atoms with Crippen molar-refractivity contribution >= 4 is 16.9 Å². The second-order valence-electron chi connectivity index (χ2n) is 8.03. The van der Waals surface area contributed by atoms with Gasteiger partial charge in [-0.05, 0) is 45.6 Å². The Morgan fingerprint density at radius 1 is 1.31 bits per heavy atom. The molecule has 1 amide bonds. The Bertz CT molecular complexity index is 859. The molecule has 2 atom stereocenters. The van der Waals surface area contributed by atoms with Gasteiger partial charge in [0, 0.05) is 38.4 Å². The number of carbonyl (C=O) groups is 1. The number of piperidine rings is 1. The molecule has 6 nitrogen and oxygen atoms in total. The molecule has 2 aromatic heterocycles. The zero-order valence-corrected chi connectivity index (χ0v) is 16.2. The average Bonchev–Trinajstić information content (AvgIpc) is 3.14. The van der Waals surface area contributed by atoms with Gasteiger partial charge in [-0.25, -0.2) is 4.98 Å². The lowest BCUT2D eigenvalue weighted by molar-refractivity contribution is -0.0295. The van der Waals surface area contributed by atoms with Gasteiger partial charge in [0.25, 0.3) is 5.91 Å². The highest BCUT2D eigenvalue weighted by Crippen LogP contribution is 2.46. The molecule has 4 rings (SSSR count). The van der Waals surface area contributed by atoms with Gasteiger partial charge in [-0.3, -0.25) is 9.48 Å². The first kappa shape index (κ1) is 17.5. The van der Waals surface area contributed by atoms with Gasteiger partial charge in [-0.15, -0.1) is 0 Å². The van der Waals surface area contributed by atoms with E-state index in [-0.39, 0.29) is 17.4 Å². The average molecular weight is 356 g/mol. The van der Waals surface area contributed by atoms with Crippen molar-refractivity contribution in [2.75, 3.05) is 20.2 Å². The van der Waals surface area contributed by atoms with Crippen LogP contribution in [-0.2, 0) is 11.8 Å². The van der Waals surface area contributed by atoms with Gasteiger partial charge in [-0.2, -0.15) is 5.10 Å². The zero-order valence-electron chi connectivity index (χ0n) is 16.2. The van der Waals surface area contributed by atoms with Crippen LogP contribution in [0.15, 0.2) is 6.07 Å². The smallest absolute Gasteiger partial charge is 0.254 e. The highest BCUT2D eigenvalue weighted by atomic mass is 16.5. The van der Waals surface area contributed by atoms with E-state index in [2.05, 4.69) is 10.1 Å². The number of fused-ring (bicyclic) bond motifs is 1. The minimum atomic E-state index is 0.109. The predicted octanol–water partition coefficient (Wildman–Crippen LogP) is 3.01. The number of likely N-dealkylation sites (tertiary alicyclic amines) is 1. The third-order valence-electron chi connectivity index (χ3n) is 6.33. The van der Waals surface area contributed by atoms with Gasteiger partial charge in [0.05, 0.1) is 22.7 Å². The Morgan fingerprint density at radius 2 is 2.08 bits per heavy atom. The summed E-state index contributed by atoms with van der Waals surface area (Å²) in [6.45, 7) is 5.51. The summed E-state index contributed by atoms with van der Waals surface area (Å²) >= 11 is 0. The van der Waals surface area contributed by atoms with E-state index in [1.54, 1.807) is 4.68 Å². The van der Waals surface area contributed by atoms with Crippen LogP contribution in [0.3, 0.4) is 0 Å². The molecule has 2 fully saturated rings. The van der Waals surface area contributed by atoms with Crippen molar-refractivity contribution in [3.63, 3.8) is 0 Å². The summed E-state index contributed by atoms with van der Waals surface area (Å²) in [5.74, 6) is 0.109. The highest BCUT2D eigenvalue weighted by Gasteiger charge is 2.46. The topological polar surface area (TPSA) is 60.2 Å². The molecular weight excluding hydrogens is 328 g/mol. The molecule has 0 N–H and O–H groups in total. The molecule has 2 aromatic rings. The molecule has 140 valence electrons. The van der Waals surface area contributed by atoms with E-state index in [1.165, 1.54) is 6.42 Å². The van der Waals surface area contributed by atoms with Crippen LogP contribution in [0.4, 0.5) is 0 Å². The molecule has 2 aliphatic rings. The van der Waals surface area contributed by atoms with Crippen molar-refractivity contribution in [2.24, 2.45) is 12.5 Å². The zero-order chi connectivity index (χ0) is 18.5. The number of ether oxygens (including phenoxy) is 1. The summed E-state index contributed by atoms with van der Waals surface area (Å²) in [6.07, 6.45) is 5.94. The molecule has 1 aliphatic heterocycles. The molecule has 0 bridgehead atoms. The van der Waals surface area contributed by atoms with Crippen LogP contribution in [0.2, 0.25) is 0 Å². The first-order valence-electron chi connectivity index (χ1n) is 9.58. The number of hydrogen-bond acceptors (Lipinski definition) is 4. The maximum atomic E-state index is 13.5. The van der Waals surface area contributed by atoms with Crippen molar-refractivity contribution in [2.45, 2.75) is 52.1 Å². The Balaban J connectivity index is 1.71. The molecular formula is C20H28N4O2. The lowest BCUT2D eigenvalue weighted by atomic mass is 9.76. The summed E-state index contributed by atoms with van der Waals surface area (Å²) in [4.78, 5) is 20.1. The number of hydrogen-bond donors (Lipinski definition) is 0. The van der Waals surface area contributed by atoms with Gasteiger partial charge in [0.15, 0.2) is 5.65 Å². The minimum Gasteiger partial charge on any atom is -0.381 e. The van der Waals surface area contributed by atoms with Gasteiger partial charge in [0.1, 0.15) is 0 Å². The number of aryl methyl sites for hydroxylation is 3. The van der Waals surface area contributed by atoms with Crippen LogP contribution in [0.25, 0.3) is 11.0 Å². The van der Waals surface area contributed by atoms with Crippen LogP contribution < -0.4 is 0 Å². The van der Waals surface area contributed by atoms with E-state index in [1.807, 2.05) is 39.0 Å². The predicted molar refractivity (Wildman–Crippen MR) is 100 cm³/mol. The number of pyridine rings is 1. The molecule has 0 unspecified atom stereocenters. The highest BCUT2D eigenvalue weighted by molar-refractivity contribution is 6.06. The molecule has 1 saturated carbocycles. The van der Waals surface area contributed by atoms with Crippen LogP contribution in [-0.4, -0.2) is 51.9 Å². The second-order valence-corrected chi connectivity index (χ2v) is 8.03. The van der Waals surface area contributed by atoms with Crippen LogP contribution >= 0.6 is 0 Å². The van der Waals surface area contributed by atoms with Crippen molar-refractivity contribution in [1.82, 2.24) is 19.7 Å². The van der Waals surface area contributed by atoms with E-state index in [9.17, 15) is 4.79 Å². The lowest BCUT2D eigenvalue weighted by Gasteiger charge is -2.43. The normalized spacial score (nSPS) is 26.2. The van der Waals surface area contributed by atoms with Gasteiger partial charge < -0.3 is 9.64 Å². The number of methoxy groups -OCH3 is 1. The van der Waals surface area contributed by atoms with Crippen molar-refractivity contribution < 1.29 is 9.53 Å². The SMILES string of the molecule is CO[C@@H]1CCC[C@@]12CCCN(C(=O)c1cc(C)nc3c1c(C)nn3C)C2. The fraction of sp³-hybridized carbons (Fsp3) is 0.650. The summed E-state index contributed by atoms with van der Waals surface area (Å²) < 4.78 is 7.56. The molecule has 26 heavy (non-hydrogen) atoms. The summed E-state index contributed by atoms with van der Waals surface area (Å²) in [5, 5.41) is 5.37. The number of amides is 1. The van der Waals surface area contributed by atoms with Crippen molar-refractivity contribution in [3.8, 4) is 0 Å². The van der Waals surface area contributed by atoms with Gasteiger partial charge in [0.2, 0.25) is 0 Å². The molecule has 1 saturated heterocycles. The third kappa shape index (κ3) is 2.62. The van der Waals surface area contributed by atoms with E-state index >= 15 is 0 Å². The fourth-order valence-electron chi connectivity index (χ4n) is 5.18. The largest absolute Gasteiger partial charge is 0.381 e. The maximum absolute atomic E-state index is 13.5. The van der Waals surface area contributed by atoms with Crippen molar-refractivity contribution in [3.05, 3.63) is 23.0 Å². The van der Waals surface area contributed by atoms with Crippen LogP contribution in [0.5, 0.6) is 0 Å². The Morgan fingerprint density at radius 3 is 2.85 bits per heavy atom. The van der Waals surface area contributed by atoms with Crippen LogP contribution in [0.1, 0.15) is 53.8 Å². The Kier molecular flexibility index (Phi) is 4.26. The third-order valence-corrected chi connectivity index (χ3v) is 6.33. The quantitative estimate of drug-likeness (QED) is 0.830. The number of carbonyl (C=O) groups excluding carboxylic acids is 1. The van der Waals surface area contributed by atoms with E-state index in [4.69, 9.17) is 4.74 Å². The first-order chi connectivity index (χ1) is 12.4. The van der Waals surface area contributed by atoms with Gasteiger partial charge >= 0.3 is 0 Å². The minimum absolute atomic E-state index is 0.109. The molecule has 1 aliphatic carbocycles. The van der Waals surface area contributed by atoms with Crippen LogP contribution in [0, 0.1) is 19.3 Å². The fourth-order valence-corrected chi connectivity index (χ4v) is 5.18. The standard InChI is InChI=1S/C20H28N4O2/c1-13-11-15(17-14(2)22-23(3)18(17)21-13)19(25)24-10-6-9-20(12-24)8-5-7-16(20)26-4/h11,16H,5-10,12H2,1-4H3/t16-,20+/m1/s1. The number of nitrogens with zero attached hydrogens (tertiary/aromatic N) is 4. The van der Waals surface area contributed by atoms with E-state index in [0.717, 1.165) is 66.8 Å². The molecule has 1 spiro atoms. The van der Waals surface area contributed by atoms with E-state index in [0.29, 0.717) is 0 Å². The number of rotatable bonds is 2. The molecule has 6 heteroatoms. The number of aromatic nitrogens is 3. The lowest BCUT2D eigenvalue weighted by Crippen LogP contribution is -2.49. The molecule has 3 heterocycles. The van der Waals surface area contributed by atoms with E-state index < -0.39 is 0 Å². The summed E-state index contributed by atoms with van der Waals surface area (Å²) in [7, 11) is 3.70. The summed E-state index contributed by atoms with van der Waals surface area (Å²) in [5.41, 5.74) is 3.37. The monoisotopic (exact) mass is 356 g/mol. The maximum Gasteiger partial charge on any atom is 0.254 e. The van der Waals surface area contributed by atoms with Gasteiger partial charge in [-0.1, -0.05) is 6.42 Å². The Hall–Kier alpha value is -1.95. The Labute approximate surface area is 154 Å². The second kappa shape index (κ2) is 6.34. The summed E-state index contributed by atoms with van der Waals surface area (Å²) in [6, 6.07) is 1.92. The molecule has 0 aromatic carbocycles. The molecule has 0 radical (unpaired) electrons. The van der Waals surface area contributed by atoms with Crippen molar-refractivity contribution in [1.29, 1.82) is 0 Å².